The summed E-state index contributed by atoms with van der Waals surface area (Å²) < 4.78 is 28.6. The topological polar surface area (TPSA) is 145 Å². The summed E-state index contributed by atoms with van der Waals surface area (Å²) in [6, 6.07) is 35.7. The van der Waals surface area contributed by atoms with Crippen molar-refractivity contribution in [2.24, 2.45) is 0 Å². The summed E-state index contributed by atoms with van der Waals surface area (Å²) in [7, 11) is 0. The first kappa shape index (κ1) is 42.4. The van der Waals surface area contributed by atoms with E-state index in [-0.39, 0.29) is 104 Å². The zero-order valence-electron chi connectivity index (χ0n) is 32.2. The van der Waals surface area contributed by atoms with Gasteiger partial charge in [0.1, 0.15) is 25.3 Å². The standard InChI is InChI=1S/C44H52N4O9/c49-41(39(31-35-13-5-1-6-14-35)45-43(51)56-33-37-17-9-3-10-18-37)47-21-25-53-26-22-48(24-28-55-30-29-54-27-23-47)42(50)40(32-36-15-7-2-8-16-36)46-44(52)57-34-38-19-11-4-12-20-38/h1-20,39-40H,21-34H2,(H,45,51)(H,46,52)/t39-,40-/m0/s1. The second-order valence-electron chi connectivity index (χ2n) is 13.4. The predicted molar refractivity (Wildman–Crippen MR) is 213 cm³/mol. The molecule has 13 heteroatoms. The Balaban J connectivity index is 1.22. The van der Waals surface area contributed by atoms with E-state index < -0.39 is 24.3 Å². The lowest BCUT2D eigenvalue weighted by atomic mass is 10.0. The summed E-state index contributed by atoms with van der Waals surface area (Å²) in [5.41, 5.74) is 3.40. The van der Waals surface area contributed by atoms with E-state index in [1.807, 2.05) is 121 Å². The minimum absolute atomic E-state index is 0.0628. The molecule has 4 amide bonds. The van der Waals surface area contributed by atoms with E-state index in [1.54, 1.807) is 9.80 Å². The highest BCUT2D eigenvalue weighted by molar-refractivity contribution is 5.86. The van der Waals surface area contributed by atoms with Crippen LogP contribution in [-0.2, 0) is 59.3 Å². The van der Waals surface area contributed by atoms with Gasteiger partial charge in [-0.2, -0.15) is 0 Å². The Hall–Kier alpha value is -5.76. The molecule has 0 aromatic heterocycles. The Morgan fingerprint density at radius 1 is 0.456 bits per heavy atom. The van der Waals surface area contributed by atoms with Gasteiger partial charge in [-0.15, -0.1) is 0 Å². The van der Waals surface area contributed by atoms with Crippen LogP contribution < -0.4 is 10.6 Å². The van der Waals surface area contributed by atoms with Crippen LogP contribution in [0.25, 0.3) is 0 Å². The maximum absolute atomic E-state index is 14.1. The van der Waals surface area contributed by atoms with Gasteiger partial charge in [-0.05, 0) is 22.3 Å². The van der Waals surface area contributed by atoms with Gasteiger partial charge in [0.2, 0.25) is 11.8 Å². The van der Waals surface area contributed by atoms with Crippen LogP contribution in [0.4, 0.5) is 9.59 Å². The zero-order valence-corrected chi connectivity index (χ0v) is 32.2. The van der Waals surface area contributed by atoms with Gasteiger partial charge in [-0.25, -0.2) is 9.59 Å². The normalized spacial score (nSPS) is 15.5. The lowest BCUT2D eigenvalue weighted by molar-refractivity contribution is -0.135. The van der Waals surface area contributed by atoms with E-state index >= 15 is 0 Å². The van der Waals surface area contributed by atoms with Crippen molar-refractivity contribution in [1.82, 2.24) is 20.4 Å². The number of carbonyl (C=O) groups is 4. The van der Waals surface area contributed by atoms with Crippen molar-refractivity contribution in [1.29, 1.82) is 0 Å². The number of rotatable bonds is 12. The fourth-order valence-corrected chi connectivity index (χ4v) is 6.14. The molecular weight excluding hydrogens is 729 g/mol. The van der Waals surface area contributed by atoms with Crippen molar-refractivity contribution in [2.45, 2.75) is 38.1 Å². The highest BCUT2D eigenvalue weighted by Crippen LogP contribution is 2.11. The largest absolute Gasteiger partial charge is 0.445 e. The van der Waals surface area contributed by atoms with Crippen LogP contribution in [0.5, 0.6) is 0 Å². The van der Waals surface area contributed by atoms with Gasteiger partial charge in [-0.3, -0.25) is 9.59 Å². The van der Waals surface area contributed by atoms with E-state index in [0.717, 1.165) is 22.3 Å². The number of nitrogens with zero attached hydrogens (tertiary/aromatic N) is 2. The van der Waals surface area contributed by atoms with Crippen LogP contribution in [0.3, 0.4) is 0 Å². The molecule has 0 unspecified atom stereocenters. The minimum Gasteiger partial charge on any atom is -0.445 e. The Morgan fingerprint density at radius 2 is 0.754 bits per heavy atom. The summed E-state index contributed by atoms with van der Waals surface area (Å²) in [5.74, 6) is -0.622. The van der Waals surface area contributed by atoms with Crippen molar-refractivity contribution in [3.05, 3.63) is 144 Å². The van der Waals surface area contributed by atoms with Gasteiger partial charge in [0.05, 0.1) is 39.6 Å². The molecule has 1 saturated heterocycles. The van der Waals surface area contributed by atoms with E-state index in [9.17, 15) is 19.2 Å². The van der Waals surface area contributed by atoms with Crippen molar-refractivity contribution in [3.8, 4) is 0 Å². The Labute approximate surface area is 334 Å². The monoisotopic (exact) mass is 780 g/mol. The number of hydrogen-bond donors (Lipinski definition) is 2. The van der Waals surface area contributed by atoms with Crippen molar-refractivity contribution >= 4 is 24.0 Å². The fourth-order valence-electron chi connectivity index (χ4n) is 6.14. The first-order chi connectivity index (χ1) is 27.9. The van der Waals surface area contributed by atoms with Crippen LogP contribution in [0, 0.1) is 0 Å². The summed E-state index contributed by atoms with van der Waals surface area (Å²) in [4.78, 5) is 57.4. The summed E-state index contributed by atoms with van der Waals surface area (Å²) in [5, 5.41) is 5.57. The van der Waals surface area contributed by atoms with Crippen molar-refractivity contribution < 1.29 is 42.9 Å². The molecule has 1 fully saturated rings. The van der Waals surface area contributed by atoms with Crippen LogP contribution in [-0.4, -0.2) is 112 Å². The molecule has 4 aromatic carbocycles. The molecule has 0 bridgehead atoms. The average Bonchev–Trinajstić information content (AvgIpc) is 3.25. The van der Waals surface area contributed by atoms with Crippen LogP contribution in [0.1, 0.15) is 22.3 Å². The predicted octanol–water partition coefficient (Wildman–Crippen LogP) is 4.78. The molecule has 1 heterocycles. The SMILES string of the molecule is O=C(N[C@@H](Cc1ccccc1)C(=O)N1CCOCCOCCN(C(=O)[C@H](Cc2ccccc2)NC(=O)OCc2ccccc2)CCOCC1)OCc1ccccc1. The molecular formula is C44H52N4O9. The van der Waals surface area contributed by atoms with Crippen molar-refractivity contribution in [3.63, 3.8) is 0 Å². The highest BCUT2D eigenvalue weighted by Gasteiger charge is 2.29. The molecule has 1 aliphatic rings. The quantitative estimate of drug-likeness (QED) is 0.208. The van der Waals surface area contributed by atoms with Gasteiger partial charge >= 0.3 is 12.2 Å². The lowest BCUT2D eigenvalue weighted by Gasteiger charge is -2.29. The third kappa shape index (κ3) is 15.4. The summed E-state index contributed by atoms with van der Waals surface area (Å²) >= 11 is 0. The molecule has 5 rings (SSSR count). The molecule has 0 spiro atoms. The van der Waals surface area contributed by atoms with Gasteiger partial charge < -0.3 is 44.1 Å². The molecule has 13 nitrogen and oxygen atoms in total. The highest BCUT2D eigenvalue weighted by atomic mass is 16.6. The van der Waals surface area contributed by atoms with E-state index in [1.165, 1.54) is 0 Å². The second kappa shape index (κ2) is 24.0. The Kier molecular flexibility index (Phi) is 17.8. The molecule has 2 N–H and O–H groups in total. The molecule has 302 valence electrons. The number of alkyl carbamates (subject to hydrolysis) is 2. The maximum Gasteiger partial charge on any atom is 0.408 e. The van der Waals surface area contributed by atoms with Gasteiger partial charge in [0.15, 0.2) is 0 Å². The molecule has 0 saturated carbocycles. The first-order valence-electron chi connectivity index (χ1n) is 19.3. The second-order valence-corrected chi connectivity index (χ2v) is 13.4. The minimum atomic E-state index is -0.914. The number of amides is 4. The van der Waals surface area contributed by atoms with E-state index in [4.69, 9.17) is 23.7 Å². The van der Waals surface area contributed by atoms with Gasteiger partial charge in [0, 0.05) is 39.0 Å². The van der Waals surface area contributed by atoms with E-state index in [0.29, 0.717) is 0 Å². The summed E-state index contributed by atoms with van der Waals surface area (Å²) in [6.07, 6.45) is -0.904. The average molecular weight is 781 g/mol. The zero-order chi connectivity index (χ0) is 39.9. The van der Waals surface area contributed by atoms with Crippen LogP contribution in [0.2, 0.25) is 0 Å². The van der Waals surface area contributed by atoms with Crippen LogP contribution >= 0.6 is 0 Å². The van der Waals surface area contributed by atoms with Gasteiger partial charge in [-0.1, -0.05) is 121 Å². The Morgan fingerprint density at radius 3 is 1.09 bits per heavy atom. The van der Waals surface area contributed by atoms with Crippen molar-refractivity contribution in [2.75, 3.05) is 65.8 Å². The number of ether oxygens (including phenoxy) is 5. The maximum atomic E-state index is 14.1. The molecule has 57 heavy (non-hydrogen) atoms. The number of benzene rings is 4. The Bertz CT molecular complexity index is 1650. The number of nitrogens with one attached hydrogen (secondary N) is 2. The molecule has 1 aliphatic heterocycles. The first-order valence-corrected chi connectivity index (χ1v) is 19.3. The number of carbonyl (C=O) groups excluding carboxylic acids is 4. The third-order valence-electron chi connectivity index (χ3n) is 9.19. The number of hydrogen-bond acceptors (Lipinski definition) is 9. The fraction of sp³-hybridized carbons (Fsp3) is 0.364. The summed E-state index contributed by atoms with van der Waals surface area (Å²) in [6.45, 7) is 2.42. The lowest BCUT2D eigenvalue weighted by Crippen LogP contribution is -2.52. The molecule has 2 atom stereocenters. The smallest absolute Gasteiger partial charge is 0.408 e. The van der Waals surface area contributed by atoms with Gasteiger partial charge in [0.25, 0.3) is 0 Å². The third-order valence-corrected chi connectivity index (χ3v) is 9.19. The molecule has 4 aromatic rings. The van der Waals surface area contributed by atoms with Crippen LogP contribution in [0.15, 0.2) is 121 Å². The van der Waals surface area contributed by atoms with E-state index in [2.05, 4.69) is 10.6 Å². The molecule has 0 aliphatic carbocycles. The molecule has 0 radical (unpaired) electrons.